The van der Waals surface area contributed by atoms with Gasteiger partial charge in [0.1, 0.15) is 0 Å². The third-order valence-corrected chi connectivity index (χ3v) is 4.99. The van der Waals surface area contributed by atoms with Crippen molar-refractivity contribution in [1.29, 1.82) is 0 Å². The molecular formula is C19H27N5O. The SMILES string of the molecule is CN1CC[C@H](N(C)CCC(=O)N(C)Cc2cnc3ccccc3n2)C1. The van der Waals surface area contributed by atoms with Crippen LogP contribution in [0.25, 0.3) is 11.0 Å². The van der Waals surface area contributed by atoms with Crippen molar-refractivity contribution in [2.24, 2.45) is 0 Å². The largest absolute Gasteiger partial charge is 0.340 e. The van der Waals surface area contributed by atoms with Gasteiger partial charge in [0.2, 0.25) is 5.91 Å². The van der Waals surface area contributed by atoms with E-state index in [1.165, 1.54) is 6.42 Å². The molecule has 0 aliphatic carbocycles. The van der Waals surface area contributed by atoms with Crippen LogP contribution in [0.3, 0.4) is 0 Å². The van der Waals surface area contributed by atoms with Crippen molar-refractivity contribution in [3.05, 3.63) is 36.2 Å². The second-order valence-electron chi connectivity index (χ2n) is 7.04. The number of carbonyl (C=O) groups excluding carboxylic acids is 1. The molecule has 1 amide bonds. The minimum absolute atomic E-state index is 0.146. The fourth-order valence-corrected chi connectivity index (χ4v) is 3.32. The van der Waals surface area contributed by atoms with Gasteiger partial charge in [0.25, 0.3) is 0 Å². The van der Waals surface area contributed by atoms with Gasteiger partial charge in [-0.3, -0.25) is 9.78 Å². The third-order valence-electron chi connectivity index (χ3n) is 4.99. The smallest absolute Gasteiger partial charge is 0.223 e. The van der Waals surface area contributed by atoms with Gasteiger partial charge in [-0.25, -0.2) is 4.98 Å². The highest BCUT2D eigenvalue weighted by atomic mass is 16.2. The minimum Gasteiger partial charge on any atom is -0.340 e. The Bertz CT molecular complexity index is 735. The zero-order valence-electron chi connectivity index (χ0n) is 15.4. The topological polar surface area (TPSA) is 52.6 Å². The number of likely N-dealkylation sites (tertiary alicyclic amines) is 1. The minimum atomic E-state index is 0.146. The summed E-state index contributed by atoms with van der Waals surface area (Å²) in [6.07, 6.45) is 3.48. The predicted molar refractivity (Wildman–Crippen MR) is 99.2 cm³/mol. The van der Waals surface area contributed by atoms with Crippen LogP contribution in [0, 0.1) is 0 Å². The Morgan fingerprint density at radius 2 is 2.04 bits per heavy atom. The van der Waals surface area contributed by atoms with Crippen LogP contribution in [0.1, 0.15) is 18.5 Å². The summed E-state index contributed by atoms with van der Waals surface area (Å²) in [6.45, 7) is 3.52. The molecular weight excluding hydrogens is 314 g/mol. The number of carbonyl (C=O) groups is 1. The number of benzene rings is 1. The molecule has 1 aromatic carbocycles. The van der Waals surface area contributed by atoms with Gasteiger partial charge in [-0.05, 0) is 39.2 Å². The number of likely N-dealkylation sites (N-methyl/N-ethyl adjacent to an activating group) is 2. The Hall–Kier alpha value is -2.05. The summed E-state index contributed by atoms with van der Waals surface area (Å²) in [5.41, 5.74) is 2.56. The second-order valence-corrected chi connectivity index (χ2v) is 7.04. The van der Waals surface area contributed by atoms with Gasteiger partial charge < -0.3 is 14.7 Å². The number of aromatic nitrogens is 2. The molecule has 6 heteroatoms. The average molecular weight is 341 g/mol. The standard InChI is InChI=1S/C19H27N5O/c1-22-10-8-16(14-22)23(2)11-9-19(25)24(3)13-15-12-20-17-6-4-5-7-18(17)21-15/h4-7,12,16H,8-11,13-14H2,1-3H3/t16-/m0/s1. The highest BCUT2D eigenvalue weighted by Gasteiger charge is 2.23. The van der Waals surface area contributed by atoms with E-state index in [2.05, 4.69) is 33.9 Å². The lowest BCUT2D eigenvalue weighted by molar-refractivity contribution is -0.130. The van der Waals surface area contributed by atoms with E-state index in [9.17, 15) is 4.79 Å². The number of fused-ring (bicyclic) bond motifs is 1. The summed E-state index contributed by atoms with van der Waals surface area (Å²) in [4.78, 5) is 27.8. The number of para-hydroxylation sites is 2. The van der Waals surface area contributed by atoms with Crippen molar-refractivity contribution in [3.63, 3.8) is 0 Å². The molecule has 0 bridgehead atoms. The van der Waals surface area contributed by atoms with Gasteiger partial charge >= 0.3 is 0 Å². The molecule has 0 saturated carbocycles. The first-order valence-electron chi connectivity index (χ1n) is 8.86. The normalized spacial score (nSPS) is 18.2. The molecule has 25 heavy (non-hydrogen) atoms. The van der Waals surface area contributed by atoms with Crippen LogP contribution in [-0.4, -0.2) is 77.4 Å². The van der Waals surface area contributed by atoms with Crippen molar-refractivity contribution in [2.75, 3.05) is 40.8 Å². The van der Waals surface area contributed by atoms with Crippen molar-refractivity contribution in [1.82, 2.24) is 24.7 Å². The Kier molecular flexibility index (Phi) is 5.60. The lowest BCUT2D eigenvalue weighted by Gasteiger charge is -2.25. The summed E-state index contributed by atoms with van der Waals surface area (Å²) >= 11 is 0. The van der Waals surface area contributed by atoms with Crippen LogP contribution in [0.4, 0.5) is 0 Å². The second kappa shape index (κ2) is 7.89. The molecule has 1 saturated heterocycles. The number of rotatable bonds is 6. The third kappa shape index (κ3) is 4.52. The van der Waals surface area contributed by atoms with E-state index in [0.29, 0.717) is 19.0 Å². The van der Waals surface area contributed by atoms with Gasteiger partial charge in [0, 0.05) is 32.6 Å². The molecule has 2 heterocycles. The maximum atomic E-state index is 12.4. The van der Waals surface area contributed by atoms with Crippen molar-refractivity contribution in [2.45, 2.75) is 25.4 Å². The molecule has 6 nitrogen and oxygen atoms in total. The van der Waals surface area contributed by atoms with Gasteiger partial charge in [-0.1, -0.05) is 12.1 Å². The molecule has 1 aliphatic heterocycles. The van der Waals surface area contributed by atoms with Gasteiger partial charge in [-0.15, -0.1) is 0 Å². The molecule has 1 aromatic heterocycles. The van der Waals surface area contributed by atoms with Crippen molar-refractivity contribution >= 4 is 16.9 Å². The molecule has 0 radical (unpaired) electrons. The van der Waals surface area contributed by atoms with Gasteiger partial charge in [-0.2, -0.15) is 0 Å². The van der Waals surface area contributed by atoms with E-state index in [1.54, 1.807) is 11.1 Å². The Balaban J connectivity index is 1.51. The maximum absolute atomic E-state index is 12.4. The molecule has 2 aromatic rings. The van der Waals surface area contributed by atoms with Crippen molar-refractivity contribution < 1.29 is 4.79 Å². The monoisotopic (exact) mass is 341 g/mol. The zero-order valence-corrected chi connectivity index (χ0v) is 15.4. The molecule has 0 spiro atoms. The van der Waals surface area contributed by atoms with Crippen LogP contribution in [0.5, 0.6) is 0 Å². The molecule has 3 rings (SSSR count). The first-order valence-corrected chi connectivity index (χ1v) is 8.86. The molecule has 1 fully saturated rings. The average Bonchev–Trinajstić information content (AvgIpc) is 3.05. The molecule has 1 atom stereocenters. The van der Waals surface area contributed by atoms with Crippen LogP contribution in [-0.2, 0) is 11.3 Å². The Labute approximate surface area is 149 Å². The van der Waals surface area contributed by atoms with E-state index in [-0.39, 0.29) is 5.91 Å². The van der Waals surface area contributed by atoms with E-state index in [4.69, 9.17) is 0 Å². The summed E-state index contributed by atoms with van der Waals surface area (Å²) in [6, 6.07) is 8.35. The quantitative estimate of drug-likeness (QED) is 0.799. The van der Waals surface area contributed by atoms with E-state index >= 15 is 0 Å². The number of hydrogen-bond donors (Lipinski definition) is 0. The van der Waals surface area contributed by atoms with E-state index < -0.39 is 0 Å². The lowest BCUT2D eigenvalue weighted by Crippen LogP contribution is -2.37. The van der Waals surface area contributed by atoms with Crippen LogP contribution < -0.4 is 0 Å². The van der Waals surface area contributed by atoms with Crippen molar-refractivity contribution in [3.8, 4) is 0 Å². The van der Waals surface area contributed by atoms with Gasteiger partial charge in [0.05, 0.1) is 29.5 Å². The van der Waals surface area contributed by atoms with E-state index in [1.807, 2.05) is 31.3 Å². The fraction of sp³-hybridized carbons (Fsp3) is 0.526. The predicted octanol–water partition coefficient (Wildman–Crippen LogP) is 1.61. The maximum Gasteiger partial charge on any atom is 0.223 e. The number of hydrogen-bond acceptors (Lipinski definition) is 5. The highest BCUT2D eigenvalue weighted by molar-refractivity contribution is 5.76. The number of nitrogens with zero attached hydrogens (tertiary/aromatic N) is 5. The van der Waals surface area contributed by atoms with Crippen LogP contribution >= 0.6 is 0 Å². The van der Waals surface area contributed by atoms with Crippen LogP contribution in [0.15, 0.2) is 30.5 Å². The summed E-state index contributed by atoms with van der Waals surface area (Å²) < 4.78 is 0. The first-order chi connectivity index (χ1) is 12.0. The Morgan fingerprint density at radius 1 is 1.28 bits per heavy atom. The summed E-state index contributed by atoms with van der Waals surface area (Å²) in [5, 5.41) is 0. The van der Waals surface area contributed by atoms with Crippen LogP contribution in [0.2, 0.25) is 0 Å². The molecule has 1 aliphatic rings. The molecule has 0 N–H and O–H groups in total. The lowest BCUT2D eigenvalue weighted by atomic mass is 10.2. The first kappa shape index (κ1) is 17.8. The summed E-state index contributed by atoms with van der Waals surface area (Å²) in [7, 11) is 6.10. The highest BCUT2D eigenvalue weighted by Crippen LogP contribution is 2.13. The number of amides is 1. The van der Waals surface area contributed by atoms with E-state index in [0.717, 1.165) is 36.4 Å². The summed E-state index contributed by atoms with van der Waals surface area (Å²) in [5.74, 6) is 0.146. The Morgan fingerprint density at radius 3 is 2.76 bits per heavy atom. The molecule has 0 unspecified atom stereocenters. The fourth-order valence-electron chi connectivity index (χ4n) is 3.32. The van der Waals surface area contributed by atoms with Gasteiger partial charge in [0.15, 0.2) is 0 Å². The zero-order chi connectivity index (χ0) is 17.8. The molecule has 134 valence electrons.